The summed E-state index contributed by atoms with van der Waals surface area (Å²) >= 11 is 1.78. The molecule has 1 aromatic heterocycles. The summed E-state index contributed by atoms with van der Waals surface area (Å²) in [6.07, 6.45) is 7.78. The normalized spacial score (nSPS) is 30.7. The molecule has 132 valence electrons. The molecule has 0 aliphatic carbocycles. The van der Waals surface area contributed by atoms with E-state index < -0.39 is 0 Å². The Morgan fingerprint density at radius 1 is 1.25 bits per heavy atom. The van der Waals surface area contributed by atoms with Crippen molar-refractivity contribution in [2.24, 2.45) is 5.92 Å². The van der Waals surface area contributed by atoms with Gasteiger partial charge in [-0.2, -0.15) is 0 Å². The van der Waals surface area contributed by atoms with Crippen molar-refractivity contribution in [3.05, 3.63) is 16.1 Å². The average Bonchev–Trinajstić information content (AvgIpc) is 3.13. The third-order valence-corrected chi connectivity index (χ3v) is 6.71. The monoisotopic (exact) mass is 348 g/mol. The average molecular weight is 349 g/mol. The zero-order valence-corrected chi connectivity index (χ0v) is 15.4. The second-order valence-corrected chi connectivity index (χ2v) is 9.00. The number of piperazine rings is 1. The summed E-state index contributed by atoms with van der Waals surface area (Å²) in [6.45, 7) is 6.77. The lowest BCUT2D eigenvalue weighted by molar-refractivity contribution is -0.134. The number of aromatic nitrogens is 1. The van der Waals surface area contributed by atoms with Crippen LogP contribution < -0.4 is 5.32 Å². The minimum atomic E-state index is 0.384. The van der Waals surface area contributed by atoms with Gasteiger partial charge in [-0.05, 0) is 38.5 Å². The number of aryl methyl sites for hydroxylation is 1. The van der Waals surface area contributed by atoms with Crippen LogP contribution in [0.15, 0.2) is 6.20 Å². The van der Waals surface area contributed by atoms with Crippen LogP contribution in [-0.4, -0.2) is 59.0 Å². The van der Waals surface area contributed by atoms with E-state index in [1.807, 2.05) is 6.20 Å². The van der Waals surface area contributed by atoms with Gasteiger partial charge in [-0.15, -0.1) is 11.3 Å². The zero-order valence-electron chi connectivity index (χ0n) is 14.5. The molecule has 1 aromatic rings. The Balaban J connectivity index is 1.22. The van der Waals surface area contributed by atoms with E-state index in [9.17, 15) is 4.79 Å². The standard InChI is InChI=1S/C18H28N4OS/c1-13-19-11-17(24-13)12-21-4-6-22(7-5-21)18(23)10-14-8-15-2-3-16(9-14)20-15/h11,14-16,20H,2-10,12H2,1H3. The van der Waals surface area contributed by atoms with E-state index in [-0.39, 0.29) is 0 Å². The summed E-state index contributed by atoms with van der Waals surface area (Å²) in [7, 11) is 0. The van der Waals surface area contributed by atoms with Gasteiger partial charge in [0.25, 0.3) is 0 Å². The molecule has 0 radical (unpaired) electrons. The molecule has 2 bridgehead atoms. The smallest absolute Gasteiger partial charge is 0.222 e. The lowest BCUT2D eigenvalue weighted by atomic mass is 9.89. The van der Waals surface area contributed by atoms with Gasteiger partial charge in [0.05, 0.1) is 5.01 Å². The van der Waals surface area contributed by atoms with Crippen molar-refractivity contribution in [2.75, 3.05) is 26.2 Å². The van der Waals surface area contributed by atoms with Crippen molar-refractivity contribution >= 4 is 17.2 Å². The van der Waals surface area contributed by atoms with Crippen LogP contribution in [0.4, 0.5) is 0 Å². The molecule has 1 amide bonds. The first-order chi connectivity index (χ1) is 11.7. The molecule has 3 fully saturated rings. The molecule has 6 heteroatoms. The second kappa shape index (κ2) is 7.10. The van der Waals surface area contributed by atoms with E-state index >= 15 is 0 Å². The summed E-state index contributed by atoms with van der Waals surface area (Å²) in [6, 6.07) is 1.36. The molecular weight excluding hydrogens is 320 g/mol. The van der Waals surface area contributed by atoms with Crippen LogP contribution in [0, 0.1) is 12.8 Å². The Hall–Kier alpha value is -0.980. The molecule has 24 heavy (non-hydrogen) atoms. The van der Waals surface area contributed by atoms with Crippen LogP contribution in [0.2, 0.25) is 0 Å². The van der Waals surface area contributed by atoms with Crippen LogP contribution in [0.25, 0.3) is 0 Å². The van der Waals surface area contributed by atoms with E-state index in [2.05, 4.69) is 27.0 Å². The summed E-state index contributed by atoms with van der Waals surface area (Å²) in [5.41, 5.74) is 0. The second-order valence-electron chi connectivity index (χ2n) is 7.68. The highest BCUT2D eigenvalue weighted by Crippen LogP contribution is 2.33. The Bertz CT molecular complexity index is 569. The first kappa shape index (κ1) is 16.5. The van der Waals surface area contributed by atoms with Gasteiger partial charge in [-0.3, -0.25) is 9.69 Å². The number of thiazole rings is 1. The topological polar surface area (TPSA) is 48.5 Å². The number of carbonyl (C=O) groups is 1. The third kappa shape index (κ3) is 3.81. The predicted octanol–water partition coefficient (Wildman–Crippen LogP) is 2.02. The summed E-state index contributed by atoms with van der Waals surface area (Å²) in [5, 5.41) is 4.80. The van der Waals surface area contributed by atoms with Crippen molar-refractivity contribution < 1.29 is 4.79 Å². The number of piperidine rings is 1. The molecule has 2 atom stereocenters. The van der Waals surface area contributed by atoms with Gasteiger partial charge in [0, 0.05) is 62.3 Å². The van der Waals surface area contributed by atoms with Crippen molar-refractivity contribution in [3.8, 4) is 0 Å². The first-order valence-corrected chi connectivity index (χ1v) is 10.1. The maximum atomic E-state index is 12.6. The van der Waals surface area contributed by atoms with Crippen LogP contribution in [0.3, 0.4) is 0 Å². The zero-order chi connectivity index (χ0) is 16.5. The quantitative estimate of drug-likeness (QED) is 0.904. The van der Waals surface area contributed by atoms with Crippen LogP contribution in [0.5, 0.6) is 0 Å². The molecule has 1 N–H and O–H groups in total. The minimum absolute atomic E-state index is 0.384. The SMILES string of the molecule is Cc1ncc(CN2CCN(C(=O)CC3CC4CCC(C3)N4)CC2)s1. The fraction of sp³-hybridized carbons (Fsp3) is 0.778. The van der Waals surface area contributed by atoms with E-state index in [4.69, 9.17) is 0 Å². The molecule has 4 rings (SSSR count). The van der Waals surface area contributed by atoms with Gasteiger partial charge in [0.1, 0.15) is 0 Å². The number of fused-ring (bicyclic) bond motifs is 2. The van der Waals surface area contributed by atoms with Crippen LogP contribution in [-0.2, 0) is 11.3 Å². The number of nitrogens with zero attached hydrogens (tertiary/aromatic N) is 3. The van der Waals surface area contributed by atoms with Gasteiger partial charge >= 0.3 is 0 Å². The number of carbonyl (C=O) groups excluding carboxylic acids is 1. The van der Waals surface area contributed by atoms with E-state index in [0.717, 1.165) is 44.2 Å². The number of rotatable bonds is 4. The van der Waals surface area contributed by atoms with Gasteiger partial charge in [0.2, 0.25) is 5.91 Å². The summed E-state index contributed by atoms with van der Waals surface area (Å²) in [5.74, 6) is 0.990. The van der Waals surface area contributed by atoms with Crippen LogP contribution in [0.1, 0.15) is 42.0 Å². The maximum absolute atomic E-state index is 12.6. The fourth-order valence-corrected chi connectivity index (χ4v) is 5.41. The lowest BCUT2D eigenvalue weighted by Gasteiger charge is -2.36. The summed E-state index contributed by atoms with van der Waals surface area (Å²) in [4.78, 5) is 22.8. The Kier molecular flexibility index (Phi) is 4.88. The highest BCUT2D eigenvalue weighted by molar-refractivity contribution is 7.11. The maximum Gasteiger partial charge on any atom is 0.222 e. The van der Waals surface area contributed by atoms with E-state index in [1.165, 1.54) is 30.6 Å². The third-order valence-electron chi connectivity index (χ3n) is 5.81. The Morgan fingerprint density at radius 3 is 2.58 bits per heavy atom. The summed E-state index contributed by atoms with van der Waals surface area (Å²) < 4.78 is 0. The molecule has 3 saturated heterocycles. The fourth-order valence-electron chi connectivity index (χ4n) is 4.57. The number of amides is 1. The molecule has 0 aromatic carbocycles. The van der Waals surface area contributed by atoms with Crippen LogP contribution >= 0.6 is 11.3 Å². The predicted molar refractivity (Wildman–Crippen MR) is 96.0 cm³/mol. The minimum Gasteiger partial charge on any atom is -0.340 e. The van der Waals surface area contributed by atoms with Gasteiger partial charge in [0.15, 0.2) is 0 Å². The molecule has 3 aliphatic rings. The van der Waals surface area contributed by atoms with Crippen molar-refractivity contribution in [2.45, 2.75) is 57.7 Å². The van der Waals surface area contributed by atoms with Gasteiger partial charge in [-0.25, -0.2) is 4.98 Å². The van der Waals surface area contributed by atoms with E-state index in [1.54, 1.807) is 11.3 Å². The largest absolute Gasteiger partial charge is 0.340 e. The molecule has 2 unspecified atom stereocenters. The lowest BCUT2D eigenvalue weighted by Crippen LogP contribution is -2.49. The van der Waals surface area contributed by atoms with Crippen molar-refractivity contribution in [1.29, 1.82) is 0 Å². The van der Waals surface area contributed by atoms with Crippen molar-refractivity contribution in [3.63, 3.8) is 0 Å². The van der Waals surface area contributed by atoms with E-state index in [0.29, 0.717) is 23.9 Å². The number of hydrogen-bond donors (Lipinski definition) is 1. The van der Waals surface area contributed by atoms with Crippen molar-refractivity contribution in [1.82, 2.24) is 20.1 Å². The Morgan fingerprint density at radius 2 is 1.96 bits per heavy atom. The molecule has 5 nitrogen and oxygen atoms in total. The number of nitrogens with one attached hydrogen (secondary N) is 1. The molecular formula is C18H28N4OS. The number of hydrogen-bond acceptors (Lipinski definition) is 5. The first-order valence-electron chi connectivity index (χ1n) is 9.33. The van der Waals surface area contributed by atoms with Gasteiger partial charge in [-0.1, -0.05) is 0 Å². The molecule has 0 saturated carbocycles. The highest BCUT2D eigenvalue weighted by Gasteiger charge is 2.35. The molecule has 4 heterocycles. The molecule has 0 spiro atoms. The highest BCUT2D eigenvalue weighted by atomic mass is 32.1. The Labute approximate surface area is 148 Å². The molecule has 3 aliphatic heterocycles. The van der Waals surface area contributed by atoms with Gasteiger partial charge < -0.3 is 10.2 Å².